The number of likely N-dealkylation sites (N-methyl/N-ethyl adjacent to an activating group) is 1. The summed E-state index contributed by atoms with van der Waals surface area (Å²) in [7, 11) is 2.13. The first-order chi connectivity index (χ1) is 20.8. The van der Waals surface area contributed by atoms with Gasteiger partial charge in [-0.25, -0.2) is 0 Å². The monoisotopic (exact) mass is 597 g/mol. The lowest BCUT2D eigenvalue weighted by atomic mass is 9.99. The van der Waals surface area contributed by atoms with Gasteiger partial charge >= 0.3 is 5.97 Å². The van der Waals surface area contributed by atoms with Crippen molar-refractivity contribution >= 4 is 5.97 Å². The highest BCUT2D eigenvalue weighted by Gasteiger charge is 2.48. The Labute approximate surface area is 259 Å². The Morgan fingerprint density at radius 2 is 1.49 bits per heavy atom. The van der Waals surface area contributed by atoms with Gasteiger partial charge < -0.3 is 24.1 Å². The third-order valence-corrected chi connectivity index (χ3v) is 8.27. The molecule has 7 nitrogen and oxygen atoms in total. The lowest BCUT2D eigenvalue weighted by Crippen LogP contribution is -2.50. The lowest BCUT2D eigenvalue weighted by molar-refractivity contribution is -0.143. The van der Waals surface area contributed by atoms with Gasteiger partial charge in [0.15, 0.2) is 0 Å². The Kier molecular flexibility index (Phi) is 15.7. The molecule has 0 heterocycles. The molecule has 0 aromatic heterocycles. The van der Waals surface area contributed by atoms with Crippen molar-refractivity contribution in [3.05, 3.63) is 71.8 Å². The van der Waals surface area contributed by atoms with Crippen molar-refractivity contribution in [1.29, 1.82) is 0 Å². The zero-order chi connectivity index (χ0) is 30.9. The van der Waals surface area contributed by atoms with Gasteiger partial charge in [-0.2, -0.15) is 0 Å². The number of benzene rings is 2. The van der Waals surface area contributed by atoms with E-state index in [-0.39, 0.29) is 36.9 Å². The van der Waals surface area contributed by atoms with E-state index < -0.39 is 5.60 Å². The summed E-state index contributed by atoms with van der Waals surface area (Å²) in [4.78, 5) is 14.1. The Morgan fingerprint density at radius 3 is 2.09 bits per heavy atom. The molecule has 5 unspecified atom stereocenters. The molecular formula is C36H55NO6. The molecule has 240 valence electrons. The van der Waals surface area contributed by atoms with Crippen LogP contribution in [0.3, 0.4) is 0 Å². The van der Waals surface area contributed by atoms with Crippen molar-refractivity contribution in [2.24, 2.45) is 0 Å². The highest BCUT2D eigenvalue weighted by molar-refractivity contribution is 5.69. The fourth-order valence-corrected chi connectivity index (χ4v) is 5.85. The van der Waals surface area contributed by atoms with Crippen LogP contribution in [0.2, 0.25) is 0 Å². The van der Waals surface area contributed by atoms with Crippen molar-refractivity contribution in [2.75, 3.05) is 26.8 Å². The fraction of sp³-hybridized carbons (Fsp3) is 0.639. The Hall–Kier alpha value is -2.29. The average molecular weight is 598 g/mol. The maximum atomic E-state index is 11.8. The van der Waals surface area contributed by atoms with E-state index in [9.17, 15) is 9.90 Å². The van der Waals surface area contributed by atoms with Crippen LogP contribution < -0.4 is 0 Å². The highest BCUT2D eigenvalue weighted by Crippen LogP contribution is 2.34. The molecule has 0 radical (unpaired) electrons. The van der Waals surface area contributed by atoms with Crippen molar-refractivity contribution in [3.63, 3.8) is 0 Å². The molecule has 2 aromatic rings. The van der Waals surface area contributed by atoms with Crippen LogP contribution >= 0.6 is 0 Å². The minimum Gasteiger partial charge on any atom is -0.466 e. The van der Waals surface area contributed by atoms with E-state index in [1.54, 1.807) is 0 Å². The van der Waals surface area contributed by atoms with Crippen LogP contribution in [0.15, 0.2) is 60.7 Å². The lowest BCUT2D eigenvalue weighted by Gasteiger charge is -2.36. The maximum Gasteiger partial charge on any atom is 0.305 e. The average Bonchev–Trinajstić information content (AvgIpc) is 3.36. The molecule has 0 saturated heterocycles. The van der Waals surface area contributed by atoms with Gasteiger partial charge in [0.05, 0.1) is 50.3 Å². The van der Waals surface area contributed by atoms with Gasteiger partial charge in [0.1, 0.15) is 6.10 Å². The first-order valence-corrected chi connectivity index (χ1v) is 16.3. The second kappa shape index (κ2) is 19.2. The topological polar surface area (TPSA) is 77.5 Å². The number of aliphatic hydroxyl groups is 1. The molecule has 5 atom stereocenters. The van der Waals surface area contributed by atoms with Crippen LogP contribution in [-0.2, 0) is 37.0 Å². The van der Waals surface area contributed by atoms with Gasteiger partial charge in [-0.3, -0.25) is 9.69 Å². The van der Waals surface area contributed by atoms with Crippen molar-refractivity contribution in [3.8, 4) is 0 Å². The first kappa shape index (κ1) is 35.2. The standard InChI is InChI=1S/C36H55NO6/c1-5-7-16-23-36(3,39)28-43-35-32(42-27-30-20-13-9-14-21-30)25-31(41-26-29-18-11-8-12-19-29)34(35)37(4)24-17-10-15-22-33(38)40-6-2/h8-9,11-14,18-21,31-32,34-35,39H,5-7,10,15-17,22-28H2,1-4H3. The van der Waals surface area contributed by atoms with E-state index >= 15 is 0 Å². The summed E-state index contributed by atoms with van der Waals surface area (Å²) < 4.78 is 24.9. The van der Waals surface area contributed by atoms with Crippen LogP contribution in [0.5, 0.6) is 0 Å². The smallest absolute Gasteiger partial charge is 0.305 e. The Bertz CT molecular complexity index is 1020. The first-order valence-electron chi connectivity index (χ1n) is 16.3. The summed E-state index contributed by atoms with van der Waals surface area (Å²) in [6.07, 6.45) is 7.23. The molecule has 3 rings (SSSR count). The predicted molar refractivity (Wildman–Crippen MR) is 171 cm³/mol. The summed E-state index contributed by atoms with van der Waals surface area (Å²) in [5.41, 5.74) is 1.35. The van der Waals surface area contributed by atoms with Crippen molar-refractivity contribution in [2.45, 2.75) is 122 Å². The summed E-state index contributed by atoms with van der Waals surface area (Å²) in [6.45, 7) is 8.42. The van der Waals surface area contributed by atoms with Gasteiger partial charge in [-0.15, -0.1) is 0 Å². The zero-order valence-electron chi connectivity index (χ0n) is 26.9. The maximum absolute atomic E-state index is 11.8. The number of esters is 1. The number of rotatable bonds is 21. The summed E-state index contributed by atoms with van der Waals surface area (Å²) in [5.74, 6) is -0.126. The van der Waals surface area contributed by atoms with E-state index in [4.69, 9.17) is 18.9 Å². The van der Waals surface area contributed by atoms with Crippen LogP contribution in [0.1, 0.15) is 89.7 Å². The van der Waals surface area contributed by atoms with Gasteiger partial charge in [0.25, 0.3) is 0 Å². The summed E-state index contributed by atoms with van der Waals surface area (Å²) in [6, 6.07) is 20.4. The molecule has 0 bridgehead atoms. The summed E-state index contributed by atoms with van der Waals surface area (Å²) in [5, 5.41) is 11.2. The minimum atomic E-state index is -0.904. The van der Waals surface area contributed by atoms with Gasteiger partial charge in [0, 0.05) is 12.8 Å². The molecule has 1 aliphatic carbocycles. The number of carbonyl (C=O) groups excluding carboxylic acids is 1. The second-order valence-corrected chi connectivity index (χ2v) is 12.2. The molecule has 43 heavy (non-hydrogen) atoms. The molecule has 1 N–H and O–H groups in total. The van der Waals surface area contributed by atoms with Gasteiger partial charge in [-0.1, -0.05) is 93.3 Å². The molecule has 0 amide bonds. The van der Waals surface area contributed by atoms with Crippen molar-refractivity contribution in [1.82, 2.24) is 4.90 Å². The quantitative estimate of drug-likeness (QED) is 0.127. The molecular weight excluding hydrogens is 542 g/mol. The number of hydrogen-bond acceptors (Lipinski definition) is 7. The SMILES string of the molecule is CCCCCC(C)(O)COC1C(OCc2ccccc2)CC(OCc2ccccc2)C1N(C)CCCCCC(=O)OCC. The van der Waals surface area contributed by atoms with Gasteiger partial charge in [0.2, 0.25) is 0 Å². The molecule has 7 heteroatoms. The van der Waals surface area contributed by atoms with E-state index in [0.29, 0.717) is 39.1 Å². The number of ether oxygens (including phenoxy) is 4. The Morgan fingerprint density at radius 1 is 0.860 bits per heavy atom. The predicted octanol–water partition coefficient (Wildman–Crippen LogP) is 6.70. The molecule has 1 aliphatic rings. The van der Waals surface area contributed by atoms with E-state index in [2.05, 4.69) is 43.1 Å². The molecule has 1 fully saturated rings. The number of nitrogens with zero attached hydrogens (tertiary/aromatic N) is 1. The second-order valence-electron chi connectivity index (χ2n) is 12.2. The molecule has 0 aliphatic heterocycles. The van der Waals surface area contributed by atoms with Crippen LogP contribution in [0.4, 0.5) is 0 Å². The number of unbranched alkanes of at least 4 members (excludes halogenated alkanes) is 4. The number of carbonyl (C=O) groups is 1. The van der Waals surface area contributed by atoms with E-state index in [0.717, 1.165) is 56.2 Å². The van der Waals surface area contributed by atoms with E-state index in [1.165, 1.54) is 0 Å². The fourth-order valence-electron chi connectivity index (χ4n) is 5.85. The van der Waals surface area contributed by atoms with Crippen molar-refractivity contribution < 1.29 is 28.8 Å². The summed E-state index contributed by atoms with van der Waals surface area (Å²) >= 11 is 0. The largest absolute Gasteiger partial charge is 0.466 e. The van der Waals surface area contributed by atoms with E-state index in [1.807, 2.05) is 50.2 Å². The van der Waals surface area contributed by atoms with Crippen LogP contribution in [0.25, 0.3) is 0 Å². The normalized spacial score (nSPS) is 21.6. The van der Waals surface area contributed by atoms with Crippen LogP contribution in [0, 0.1) is 0 Å². The molecule has 1 saturated carbocycles. The van der Waals surface area contributed by atoms with Gasteiger partial charge in [-0.05, 0) is 57.8 Å². The molecule has 0 spiro atoms. The zero-order valence-corrected chi connectivity index (χ0v) is 26.9. The Balaban J connectivity index is 1.73. The molecule has 2 aromatic carbocycles. The highest BCUT2D eigenvalue weighted by atomic mass is 16.6. The van der Waals surface area contributed by atoms with Crippen LogP contribution in [-0.4, -0.2) is 72.7 Å². The minimum absolute atomic E-state index is 0.0408. The number of hydrogen-bond donors (Lipinski definition) is 1. The third-order valence-electron chi connectivity index (χ3n) is 8.27. The third kappa shape index (κ3) is 12.7.